The molecule has 1 aromatic carbocycles. The van der Waals surface area contributed by atoms with Gasteiger partial charge in [-0.25, -0.2) is 4.98 Å². The van der Waals surface area contributed by atoms with Crippen molar-refractivity contribution in [3.8, 4) is 11.5 Å². The van der Waals surface area contributed by atoms with Gasteiger partial charge in [-0.3, -0.25) is 4.79 Å². The van der Waals surface area contributed by atoms with Gasteiger partial charge in [0, 0.05) is 32.8 Å². The van der Waals surface area contributed by atoms with E-state index in [4.69, 9.17) is 4.52 Å². The summed E-state index contributed by atoms with van der Waals surface area (Å²) in [6.07, 6.45) is 2.33. The second kappa shape index (κ2) is 6.95. The van der Waals surface area contributed by atoms with Crippen molar-refractivity contribution in [3.05, 3.63) is 60.0 Å². The number of benzene rings is 1. The highest BCUT2D eigenvalue weighted by Crippen LogP contribution is 2.21. The van der Waals surface area contributed by atoms with E-state index in [1.54, 1.807) is 11.1 Å². The molecule has 1 fully saturated rings. The van der Waals surface area contributed by atoms with Crippen LogP contribution >= 0.6 is 0 Å². The summed E-state index contributed by atoms with van der Waals surface area (Å²) < 4.78 is 5.36. The van der Waals surface area contributed by atoms with Crippen LogP contribution < -0.4 is 4.90 Å². The standard InChI is InChI=1S/C19H19N5O2/c1-23-9-10-24(13-18(23)25)17-8-7-15(12-20-17)19-21-16(22-26-19)11-14-5-3-2-4-6-14/h2-8,12H,9-11,13H2,1H3. The van der Waals surface area contributed by atoms with E-state index in [0.29, 0.717) is 31.2 Å². The van der Waals surface area contributed by atoms with Crippen LogP contribution in [0, 0.1) is 0 Å². The molecule has 26 heavy (non-hydrogen) atoms. The van der Waals surface area contributed by atoms with E-state index in [2.05, 4.69) is 15.1 Å². The Morgan fingerprint density at radius 3 is 2.69 bits per heavy atom. The number of amides is 1. The summed E-state index contributed by atoms with van der Waals surface area (Å²) in [6, 6.07) is 13.8. The maximum absolute atomic E-state index is 11.8. The van der Waals surface area contributed by atoms with Crippen LogP contribution in [0.2, 0.25) is 0 Å². The predicted octanol–water partition coefficient (Wildman–Crippen LogP) is 2.00. The first kappa shape index (κ1) is 16.3. The normalized spacial score (nSPS) is 14.7. The Hall–Kier alpha value is -3.22. The van der Waals surface area contributed by atoms with Crippen LogP contribution in [0.1, 0.15) is 11.4 Å². The Kier molecular flexibility index (Phi) is 4.35. The van der Waals surface area contributed by atoms with Gasteiger partial charge in [-0.2, -0.15) is 4.98 Å². The lowest BCUT2D eigenvalue weighted by Crippen LogP contribution is -2.48. The lowest BCUT2D eigenvalue weighted by molar-refractivity contribution is -0.129. The molecule has 0 atom stereocenters. The molecule has 0 spiro atoms. The van der Waals surface area contributed by atoms with Gasteiger partial charge in [-0.1, -0.05) is 35.5 Å². The Bertz CT molecular complexity index is 892. The van der Waals surface area contributed by atoms with Crippen molar-refractivity contribution in [3.63, 3.8) is 0 Å². The SMILES string of the molecule is CN1CCN(c2ccc(-c3nc(Cc4ccccc4)no3)cn2)CC1=O. The molecule has 0 aliphatic carbocycles. The number of hydrogen-bond acceptors (Lipinski definition) is 6. The Labute approximate surface area is 151 Å². The number of likely N-dealkylation sites (N-methyl/N-ethyl adjacent to an activating group) is 1. The maximum Gasteiger partial charge on any atom is 0.259 e. The van der Waals surface area contributed by atoms with Gasteiger partial charge in [0.2, 0.25) is 5.91 Å². The predicted molar refractivity (Wildman–Crippen MR) is 96.6 cm³/mol. The second-order valence-electron chi connectivity index (χ2n) is 6.32. The van der Waals surface area contributed by atoms with Gasteiger partial charge in [0.1, 0.15) is 5.82 Å². The fourth-order valence-electron chi connectivity index (χ4n) is 2.88. The van der Waals surface area contributed by atoms with Crippen LogP contribution in [0.25, 0.3) is 11.5 Å². The third-order valence-electron chi connectivity index (χ3n) is 4.45. The minimum Gasteiger partial charge on any atom is -0.346 e. The van der Waals surface area contributed by atoms with Crippen molar-refractivity contribution < 1.29 is 9.32 Å². The molecule has 1 amide bonds. The third-order valence-corrected chi connectivity index (χ3v) is 4.45. The second-order valence-corrected chi connectivity index (χ2v) is 6.32. The molecule has 7 nitrogen and oxygen atoms in total. The average Bonchev–Trinajstić information content (AvgIpc) is 3.13. The molecule has 3 heterocycles. The van der Waals surface area contributed by atoms with Crippen LogP contribution in [0.5, 0.6) is 0 Å². The molecule has 1 aliphatic rings. The molecule has 1 aliphatic heterocycles. The highest BCUT2D eigenvalue weighted by atomic mass is 16.5. The molecule has 1 saturated heterocycles. The van der Waals surface area contributed by atoms with Gasteiger partial charge < -0.3 is 14.3 Å². The quantitative estimate of drug-likeness (QED) is 0.717. The summed E-state index contributed by atoms with van der Waals surface area (Å²) in [7, 11) is 1.82. The fourth-order valence-corrected chi connectivity index (χ4v) is 2.88. The number of anilines is 1. The molecule has 3 aromatic rings. The number of carbonyl (C=O) groups is 1. The molecule has 0 bridgehead atoms. The zero-order chi connectivity index (χ0) is 17.9. The zero-order valence-corrected chi connectivity index (χ0v) is 14.5. The van der Waals surface area contributed by atoms with Gasteiger partial charge in [0.15, 0.2) is 5.82 Å². The fraction of sp³-hybridized carbons (Fsp3) is 0.263. The number of aromatic nitrogens is 3. The first-order chi connectivity index (χ1) is 12.7. The Morgan fingerprint density at radius 2 is 1.96 bits per heavy atom. The number of carbonyl (C=O) groups excluding carboxylic acids is 1. The molecule has 2 aromatic heterocycles. The number of nitrogens with zero attached hydrogens (tertiary/aromatic N) is 5. The lowest BCUT2D eigenvalue weighted by Gasteiger charge is -2.32. The monoisotopic (exact) mass is 349 g/mol. The molecule has 132 valence electrons. The van der Waals surface area contributed by atoms with E-state index in [1.165, 1.54) is 0 Å². The van der Waals surface area contributed by atoms with Crippen molar-refractivity contribution in [1.82, 2.24) is 20.0 Å². The van der Waals surface area contributed by atoms with E-state index < -0.39 is 0 Å². The largest absolute Gasteiger partial charge is 0.346 e. The summed E-state index contributed by atoms with van der Waals surface area (Å²) in [5.74, 6) is 1.97. The van der Waals surface area contributed by atoms with Gasteiger partial charge in [-0.15, -0.1) is 0 Å². The van der Waals surface area contributed by atoms with Crippen molar-refractivity contribution in [2.24, 2.45) is 0 Å². The summed E-state index contributed by atoms with van der Waals surface area (Å²) in [5.41, 5.74) is 1.90. The van der Waals surface area contributed by atoms with E-state index >= 15 is 0 Å². The van der Waals surface area contributed by atoms with Gasteiger partial charge in [-0.05, 0) is 17.7 Å². The molecule has 0 saturated carbocycles. The van der Waals surface area contributed by atoms with Crippen molar-refractivity contribution in [2.75, 3.05) is 31.6 Å². The number of piperazine rings is 1. The summed E-state index contributed by atoms with van der Waals surface area (Å²) in [5, 5.41) is 4.04. The lowest BCUT2D eigenvalue weighted by atomic mass is 10.1. The molecule has 0 unspecified atom stereocenters. The first-order valence-corrected chi connectivity index (χ1v) is 8.51. The van der Waals surface area contributed by atoms with Crippen molar-refractivity contribution >= 4 is 11.7 Å². The molecular weight excluding hydrogens is 330 g/mol. The number of rotatable bonds is 4. The van der Waals surface area contributed by atoms with Crippen LogP contribution in [0.15, 0.2) is 53.2 Å². The van der Waals surface area contributed by atoms with Crippen molar-refractivity contribution in [2.45, 2.75) is 6.42 Å². The molecule has 0 N–H and O–H groups in total. The Morgan fingerprint density at radius 1 is 1.12 bits per heavy atom. The van der Waals surface area contributed by atoms with Gasteiger partial charge in [0.05, 0.1) is 12.1 Å². The summed E-state index contributed by atoms with van der Waals surface area (Å²) >= 11 is 0. The van der Waals surface area contributed by atoms with E-state index in [1.807, 2.05) is 54.4 Å². The number of pyridine rings is 1. The molecule has 4 rings (SSSR count). The van der Waals surface area contributed by atoms with Crippen LogP contribution in [0.4, 0.5) is 5.82 Å². The van der Waals surface area contributed by atoms with Gasteiger partial charge in [0.25, 0.3) is 5.89 Å². The minimum absolute atomic E-state index is 0.101. The maximum atomic E-state index is 11.8. The molecule has 7 heteroatoms. The zero-order valence-electron chi connectivity index (χ0n) is 14.5. The highest BCUT2D eigenvalue weighted by Gasteiger charge is 2.22. The average molecular weight is 349 g/mol. The van der Waals surface area contributed by atoms with Crippen LogP contribution in [-0.2, 0) is 11.2 Å². The molecule has 0 radical (unpaired) electrons. The van der Waals surface area contributed by atoms with Crippen LogP contribution in [0.3, 0.4) is 0 Å². The van der Waals surface area contributed by atoms with Crippen LogP contribution in [-0.4, -0.2) is 52.6 Å². The third kappa shape index (κ3) is 3.42. The van der Waals surface area contributed by atoms with Crippen molar-refractivity contribution in [1.29, 1.82) is 0 Å². The minimum atomic E-state index is 0.101. The topological polar surface area (TPSA) is 75.4 Å². The van der Waals surface area contributed by atoms with E-state index in [9.17, 15) is 4.79 Å². The van der Waals surface area contributed by atoms with E-state index in [0.717, 1.165) is 23.5 Å². The van der Waals surface area contributed by atoms with E-state index in [-0.39, 0.29) is 5.91 Å². The first-order valence-electron chi connectivity index (χ1n) is 8.51. The summed E-state index contributed by atoms with van der Waals surface area (Å²) in [4.78, 5) is 24.5. The Balaban J connectivity index is 1.46. The number of hydrogen-bond donors (Lipinski definition) is 0. The van der Waals surface area contributed by atoms with Gasteiger partial charge >= 0.3 is 0 Å². The highest BCUT2D eigenvalue weighted by molar-refractivity contribution is 5.82. The smallest absolute Gasteiger partial charge is 0.259 e. The molecular formula is C19H19N5O2. The summed E-state index contributed by atoms with van der Waals surface area (Å²) in [6.45, 7) is 1.83.